The molecule has 3 aromatic carbocycles. The van der Waals surface area contributed by atoms with E-state index >= 15 is 0 Å². The van der Waals surface area contributed by atoms with Gasteiger partial charge in [-0.3, -0.25) is 0 Å². The minimum absolute atomic E-state index is 0.374. The molecular weight excluding hydrogens is 415 g/mol. The zero-order valence-electron chi connectivity index (χ0n) is 15.0. The fourth-order valence-corrected chi connectivity index (χ4v) is 13.3. The van der Waals surface area contributed by atoms with Gasteiger partial charge in [0.15, 0.2) is 0 Å². The summed E-state index contributed by atoms with van der Waals surface area (Å²) in [4.78, 5) is 5.95. The molecule has 0 bridgehead atoms. The predicted molar refractivity (Wildman–Crippen MR) is 106 cm³/mol. The van der Waals surface area contributed by atoms with Crippen LogP contribution in [0.3, 0.4) is 0 Å². The molecule has 0 fully saturated rings. The van der Waals surface area contributed by atoms with Crippen LogP contribution in [-0.4, -0.2) is 24.4 Å². The van der Waals surface area contributed by atoms with Crippen LogP contribution in [0.2, 0.25) is 0 Å². The Labute approximate surface area is 154 Å². The number of benzene rings is 3. The molecule has 0 saturated carbocycles. The molecular formula is C22H24O2Sn. The Kier molecular flexibility index (Phi) is 5.62. The van der Waals surface area contributed by atoms with E-state index < -0.39 is 18.8 Å². The third kappa shape index (κ3) is 4.14. The molecule has 3 rings (SSSR count). The van der Waals surface area contributed by atoms with E-state index in [4.69, 9.17) is 8.11 Å². The van der Waals surface area contributed by atoms with Crippen LogP contribution in [-0.2, 0) is 8.11 Å². The maximum absolute atomic E-state index is 6.46. The van der Waals surface area contributed by atoms with Crippen LogP contribution in [0.1, 0.15) is 20.8 Å². The Hall–Kier alpha value is -1.62. The van der Waals surface area contributed by atoms with Gasteiger partial charge in [0.25, 0.3) is 0 Å². The number of hydrogen-bond acceptors (Lipinski definition) is 2. The second kappa shape index (κ2) is 7.73. The summed E-state index contributed by atoms with van der Waals surface area (Å²) in [7, 11) is 0. The summed E-state index contributed by atoms with van der Waals surface area (Å²) >= 11 is -3.74. The molecule has 2 nitrogen and oxygen atoms in total. The van der Waals surface area contributed by atoms with Crippen LogP contribution < -0.4 is 10.7 Å². The topological polar surface area (TPSA) is 18.5 Å². The SMILES string of the molecule is CC(C)(C)O[O][Sn]([c]1ccccc1)([c]1ccccc1)[c]1ccccc1. The van der Waals surface area contributed by atoms with E-state index in [1.807, 2.05) is 39.0 Å². The summed E-state index contributed by atoms with van der Waals surface area (Å²) in [5, 5.41) is 0. The standard InChI is InChI=1S/3C6H5.C4H10O2.Sn/c3*1-2-4-6-5-3-1;1-4(2,3)6-5;/h3*1-5H;5H,1-3H3;/q;;;;+1/p-1. The van der Waals surface area contributed by atoms with Crippen molar-refractivity contribution in [3.63, 3.8) is 0 Å². The van der Waals surface area contributed by atoms with Crippen molar-refractivity contribution in [2.75, 3.05) is 0 Å². The van der Waals surface area contributed by atoms with Gasteiger partial charge in [-0.1, -0.05) is 0 Å². The third-order valence-electron chi connectivity index (χ3n) is 3.96. The quantitative estimate of drug-likeness (QED) is 0.345. The average molecular weight is 439 g/mol. The normalized spacial score (nSPS) is 12.1. The van der Waals surface area contributed by atoms with Gasteiger partial charge in [0.1, 0.15) is 0 Å². The van der Waals surface area contributed by atoms with Gasteiger partial charge >= 0.3 is 155 Å². The second-order valence-electron chi connectivity index (χ2n) is 7.06. The van der Waals surface area contributed by atoms with Crippen LogP contribution in [0, 0.1) is 0 Å². The summed E-state index contributed by atoms with van der Waals surface area (Å²) in [6.07, 6.45) is 0. The molecule has 0 heterocycles. The molecule has 0 unspecified atom stereocenters. The Morgan fingerprint density at radius 2 is 0.880 bits per heavy atom. The van der Waals surface area contributed by atoms with Gasteiger partial charge in [-0.05, 0) is 0 Å². The first-order valence-corrected chi connectivity index (χ1v) is 14.0. The molecule has 25 heavy (non-hydrogen) atoms. The molecule has 128 valence electrons. The van der Waals surface area contributed by atoms with Gasteiger partial charge in [0.05, 0.1) is 0 Å². The van der Waals surface area contributed by atoms with Crippen LogP contribution >= 0.6 is 0 Å². The monoisotopic (exact) mass is 440 g/mol. The summed E-state index contributed by atoms with van der Waals surface area (Å²) in [6, 6.07) is 31.6. The van der Waals surface area contributed by atoms with Crippen molar-refractivity contribution in [1.82, 2.24) is 0 Å². The first-order valence-electron chi connectivity index (χ1n) is 8.56. The van der Waals surface area contributed by atoms with Crippen molar-refractivity contribution in [3.05, 3.63) is 91.0 Å². The molecule has 0 aliphatic rings. The molecule has 3 aromatic rings. The number of rotatable bonds is 5. The average Bonchev–Trinajstić information content (AvgIpc) is 2.64. The summed E-state index contributed by atoms with van der Waals surface area (Å²) in [5.41, 5.74) is -0.374. The van der Waals surface area contributed by atoms with Crippen molar-refractivity contribution >= 4 is 29.5 Å². The van der Waals surface area contributed by atoms with Gasteiger partial charge in [-0.15, -0.1) is 0 Å². The van der Waals surface area contributed by atoms with E-state index in [0.29, 0.717) is 0 Å². The Morgan fingerprint density at radius 3 is 1.16 bits per heavy atom. The van der Waals surface area contributed by atoms with Crippen LogP contribution in [0.25, 0.3) is 0 Å². The van der Waals surface area contributed by atoms with Crippen molar-refractivity contribution < 1.29 is 8.11 Å². The Balaban J connectivity index is 2.24. The molecule has 0 atom stereocenters. The summed E-state index contributed by atoms with van der Waals surface area (Å²) < 4.78 is 10.2. The van der Waals surface area contributed by atoms with Crippen molar-refractivity contribution in [2.45, 2.75) is 26.4 Å². The maximum atomic E-state index is 6.46. The molecule has 0 spiro atoms. The summed E-state index contributed by atoms with van der Waals surface area (Å²) in [6.45, 7) is 6.06. The molecule has 0 aliphatic heterocycles. The Bertz CT molecular complexity index is 684. The third-order valence-corrected chi connectivity index (χ3v) is 14.7. The molecule has 0 amide bonds. The zero-order chi connectivity index (χ0) is 17.8. The fourth-order valence-electron chi connectivity index (χ4n) is 2.85. The van der Waals surface area contributed by atoms with Gasteiger partial charge < -0.3 is 0 Å². The summed E-state index contributed by atoms with van der Waals surface area (Å²) in [5.74, 6) is 0. The van der Waals surface area contributed by atoms with E-state index in [2.05, 4.69) is 72.8 Å². The van der Waals surface area contributed by atoms with E-state index in [0.717, 1.165) is 0 Å². The van der Waals surface area contributed by atoms with Gasteiger partial charge in [0.2, 0.25) is 0 Å². The van der Waals surface area contributed by atoms with E-state index in [-0.39, 0.29) is 5.60 Å². The molecule has 0 radical (unpaired) electrons. The van der Waals surface area contributed by atoms with Crippen LogP contribution in [0.5, 0.6) is 0 Å². The molecule has 0 N–H and O–H groups in total. The van der Waals surface area contributed by atoms with Crippen LogP contribution in [0.4, 0.5) is 0 Å². The van der Waals surface area contributed by atoms with E-state index in [1.54, 1.807) is 0 Å². The minimum atomic E-state index is -3.74. The first-order chi connectivity index (χ1) is 12.0. The van der Waals surface area contributed by atoms with Crippen molar-refractivity contribution in [1.29, 1.82) is 0 Å². The first kappa shape index (κ1) is 18.2. The molecule has 0 aromatic heterocycles. The van der Waals surface area contributed by atoms with E-state index in [1.165, 1.54) is 10.7 Å². The number of hydrogen-bond donors (Lipinski definition) is 0. The van der Waals surface area contributed by atoms with Gasteiger partial charge in [0, 0.05) is 0 Å². The Morgan fingerprint density at radius 1 is 0.560 bits per heavy atom. The molecule has 3 heteroatoms. The van der Waals surface area contributed by atoms with Crippen molar-refractivity contribution in [3.8, 4) is 0 Å². The van der Waals surface area contributed by atoms with Crippen molar-refractivity contribution in [2.24, 2.45) is 0 Å². The van der Waals surface area contributed by atoms with E-state index in [9.17, 15) is 0 Å². The zero-order valence-corrected chi connectivity index (χ0v) is 17.8. The van der Waals surface area contributed by atoms with Crippen LogP contribution in [0.15, 0.2) is 91.0 Å². The van der Waals surface area contributed by atoms with Gasteiger partial charge in [-0.2, -0.15) is 0 Å². The predicted octanol–water partition coefficient (Wildman–Crippen LogP) is 3.40. The molecule has 0 saturated heterocycles. The molecule has 0 aliphatic carbocycles. The fraction of sp³-hybridized carbons (Fsp3) is 0.182. The van der Waals surface area contributed by atoms with Gasteiger partial charge in [-0.25, -0.2) is 0 Å². The second-order valence-corrected chi connectivity index (χ2v) is 16.4.